The molecule has 0 spiro atoms. The molecule has 0 heterocycles. The molecule has 0 N–H and O–H groups in total. The van der Waals surface area contributed by atoms with E-state index in [1.54, 1.807) is 0 Å². The van der Waals surface area contributed by atoms with E-state index in [0.717, 1.165) is 0 Å². The standard InChI is InChI=1S/C10H20O2/c1-6-10(7-2,8(11)12)9(3,4)5/h6-7H2,1-5H3,(H,11,12)/p-1. The van der Waals surface area contributed by atoms with Gasteiger partial charge in [0.05, 0.1) is 0 Å². The van der Waals surface area contributed by atoms with Crippen molar-refractivity contribution in [3.63, 3.8) is 0 Å². The molecule has 0 saturated heterocycles. The first-order chi connectivity index (χ1) is 5.31. The highest BCUT2D eigenvalue weighted by Gasteiger charge is 2.39. The summed E-state index contributed by atoms with van der Waals surface area (Å²) < 4.78 is 0. The fourth-order valence-corrected chi connectivity index (χ4v) is 1.91. The first kappa shape index (κ1) is 11.5. The van der Waals surface area contributed by atoms with Gasteiger partial charge in [-0.15, -0.1) is 0 Å². The third kappa shape index (κ3) is 1.62. The Kier molecular flexibility index (Phi) is 3.31. The lowest BCUT2D eigenvalue weighted by molar-refractivity contribution is -0.325. The van der Waals surface area contributed by atoms with Crippen LogP contribution in [-0.2, 0) is 4.79 Å². The van der Waals surface area contributed by atoms with E-state index in [2.05, 4.69) is 0 Å². The summed E-state index contributed by atoms with van der Waals surface area (Å²) in [6.07, 6.45) is 1.27. The van der Waals surface area contributed by atoms with Crippen LogP contribution in [0.15, 0.2) is 0 Å². The van der Waals surface area contributed by atoms with Crippen LogP contribution in [0.25, 0.3) is 0 Å². The third-order valence-corrected chi connectivity index (χ3v) is 3.03. The van der Waals surface area contributed by atoms with Gasteiger partial charge < -0.3 is 9.90 Å². The van der Waals surface area contributed by atoms with Crippen LogP contribution in [0.1, 0.15) is 47.5 Å². The van der Waals surface area contributed by atoms with Crippen molar-refractivity contribution in [1.29, 1.82) is 0 Å². The Balaban J connectivity index is 4.97. The molecule has 0 aromatic rings. The summed E-state index contributed by atoms with van der Waals surface area (Å²) in [7, 11) is 0. The molecule has 0 rings (SSSR count). The molecule has 0 fully saturated rings. The van der Waals surface area contributed by atoms with Crippen molar-refractivity contribution in [2.75, 3.05) is 0 Å². The molecular formula is C10H19O2-. The molecule has 0 unspecified atom stereocenters. The minimum atomic E-state index is -0.917. The predicted octanol–water partition coefficient (Wildman–Crippen LogP) is 1.59. The average molecular weight is 171 g/mol. The average Bonchev–Trinajstić information content (AvgIpc) is 1.87. The maximum atomic E-state index is 11.0. The SMILES string of the molecule is CCC(CC)(C(=O)[O-])C(C)(C)C. The number of carboxylic acids is 1. The molecular weight excluding hydrogens is 152 g/mol. The summed E-state index contributed by atoms with van der Waals surface area (Å²) in [5.41, 5.74) is -0.900. The van der Waals surface area contributed by atoms with E-state index in [1.165, 1.54) is 0 Å². The van der Waals surface area contributed by atoms with Gasteiger partial charge in [-0.3, -0.25) is 0 Å². The Morgan fingerprint density at radius 3 is 1.50 bits per heavy atom. The summed E-state index contributed by atoms with van der Waals surface area (Å²) >= 11 is 0. The molecule has 2 heteroatoms. The van der Waals surface area contributed by atoms with Crippen LogP contribution < -0.4 is 5.11 Å². The molecule has 0 aromatic carbocycles. The molecule has 0 atom stereocenters. The second-order valence-electron chi connectivity index (χ2n) is 4.33. The maximum Gasteiger partial charge on any atom is 0.0481 e. The zero-order valence-electron chi connectivity index (χ0n) is 8.73. The van der Waals surface area contributed by atoms with E-state index in [9.17, 15) is 9.90 Å². The van der Waals surface area contributed by atoms with Gasteiger partial charge in [-0.1, -0.05) is 34.6 Å². The van der Waals surface area contributed by atoms with Crippen molar-refractivity contribution in [1.82, 2.24) is 0 Å². The van der Waals surface area contributed by atoms with Gasteiger partial charge in [0.15, 0.2) is 0 Å². The van der Waals surface area contributed by atoms with Gasteiger partial charge >= 0.3 is 0 Å². The number of carbonyl (C=O) groups is 1. The number of rotatable bonds is 3. The van der Waals surface area contributed by atoms with Crippen molar-refractivity contribution < 1.29 is 9.90 Å². The zero-order valence-corrected chi connectivity index (χ0v) is 8.73. The van der Waals surface area contributed by atoms with E-state index < -0.39 is 11.4 Å². The summed E-state index contributed by atoms with van der Waals surface area (Å²) in [6.45, 7) is 9.68. The van der Waals surface area contributed by atoms with E-state index >= 15 is 0 Å². The fourth-order valence-electron chi connectivity index (χ4n) is 1.91. The Hall–Kier alpha value is -0.530. The van der Waals surface area contributed by atoms with Gasteiger partial charge in [-0.25, -0.2) is 0 Å². The Morgan fingerprint density at radius 1 is 1.17 bits per heavy atom. The second kappa shape index (κ2) is 3.46. The van der Waals surface area contributed by atoms with Crippen LogP contribution in [0.2, 0.25) is 0 Å². The van der Waals surface area contributed by atoms with Crippen LogP contribution in [0.4, 0.5) is 0 Å². The molecule has 0 radical (unpaired) electrons. The monoisotopic (exact) mass is 171 g/mol. The number of aliphatic carboxylic acids is 1. The highest BCUT2D eigenvalue weighted by Crippen LogP contribution is 2.43. The minimum absolute atomic E-state index is 0.227. The molecule has 0 aliphatic heterocycles. The molecule has 72 valence electrons. The van der Waals surface area contributed by atoms with Crippen LogP contribution >= 0.6 is 0 Å². The fraction of sp³-hybridized carbons (Fsp3) is 0.900. The molecule has 0 bridgehead atoms. The normalized spacial score (nSPS) is 13.1. The largest absolute Gasteiger partial charge is 0.550 e. The quantitative estimate of drug-likeness (QED) is 0.647. The topological polar surface area (TPSA) is 40.1 Å². The first-order valence-electron chi connectivity index (χ1n) is 4.53. The van der Waals surface area contributed by atoms with Gasteiger partial charge in [-0.05, 0) is 18.3 Å². The summed E-state index contributed by atoms with van der Waals surface area (Å²) in [5, 5.41) is 11.0. The van der Waals surface area contributed by atoms with E-state index in [4.69, 9.17) is 0 Å². The van der Waals surface area contributed by atoms with Crippen LogP contribution in [-0.4, -0.2) is 5.97 Å². The predicted molar refractivity (Wildman–Crippen MR) is 47.5 cm³/mol. The van der Waals surface area contributed by atoms with Gasteiger partial charge in [0, 0.05) is 11.4 Å². The molecule has 0 saturated carbocycles. The highest BCUT2D eigenvalue weighted by molar-refractivity contribution is 5.73. The Labute approximate surface area is 75.0 Å². The van der Waals surface area contributed by atoms with Crippen LogP contribution in [0.3, 0.4) is 0 Å². The van der Waals surface area contributed by atoms with E-state index in [-0.39, 0.29) is 5.41 Å². The summed E-state index contributed by atoms with van der Waals surface area (Å²) in [5.74, 6) is -0.917. The van der Waals surface area contributed by atoms with Gasteiger partial charge in [0.1, 0.15) is 0 Å². The smallest absolute Gasteiger partial charge is 0.0481 e. The molecule has 0 aliphatic rings. The summed E-state index contributed by atoms with van der Waals surface area (Å²) in [4.78, 5) is 11.0. The maximum absolute atomic E-state index is 11.0. The van der Waals surface area contributed by atoms with Crippen molar-refractivity contribution in [2.45, 2.75) is 47.5 Å². The van der Waals surface area contributed by atoms with Crippen molar-refractivity contribution >= 4 is 5.97 Å². The van der Waals surface area contributed by atoms with Crippen LogP contribution in [0, 0.1) is 10.8 Å². The Morgan fingerprint density at radius 2 is 1.50 bits per heavy atom. The van der Waals surface area contributed by atoms with Crippen LogP contribution in [0.5, 0.6) is 0 Å². The first-order valence-corrected chi connectivity index (χ1v) is 4.53. The number of carboxylic acid groups (broad SMARTS) is 1. The molecule has 12 heavy (non-hydrogen) atoms. The van der Waals surface area contributed by atoms with Gasteiger partial charge in [0.25, 0.3) is 0 Å². The lowest BCUT2D eigenvalue weighted by Crippen LogP contribution is -2.49. The van der Waals surface area contributed by atoms with E-state index in [0.29, 0.717) is 12.8 Å². The Bertz CT molecular complexity index is 161. The zero-order chi connectivity index (χ0) is 9.99. The molecule has 2 nitrogen and oxygen atoms in total. The highest BCUT2D eigenvalue weighted by atomic mass is 16.4. The minimum Gasteiger partial charge on any atom is -0.550 e. The van der Waals surface area contributed by atoms with Crippen molar-refractivity contribution in [2.24, 2.45) is 10.8 Å². The van der Waals surface area contributed by atoms with Crippen molar-refractivity contribution in [3.8, 4) is 0 Å². The molecule has 0 aromatic heterocycles. The lowest BCUT2D eigenvalue weighted by Gasteiger charge is -2.44. The number of hydrogen-bond acceptors (Lipinski definition) is 2. The second-order valence-corrected chi connectivity index (χ2v) is 4.33. The number of carbonyl (C=O) groups excluding carboxylic acids is 1. The molecule has 0 amide bonds. The van der Waals surface area contributed by atoms with E-state index in [1.807, 2.05) is 34.6 Å². The third-order valence-electron chi connectivity index (χ3n) is 3.03. The van der Waals surface area contributed by atoms with Gasteiger partial charge in [-0.2, -0.15) is 0 Å². The summed E-state index contributed by atoms with van der Waals surface area (Å²) in [6, 6.07) is 0. The van der Waals surface area contributed by atoms with Crippen molar-refractivity contribution in [3.05, 3.63) is 0 Å². The van der Waals surface area contributed by atoms with Gasteiger partial charge in [0.2, 0.25) is 0 Å². The molecule has 0 aliphatic carbocycles. The lowest BCUT2D eigenvalue weighted by atomic mass is 9.63. The number of hydrogen-bond donors (Lipinski definition) is 0.